The third kappa shape index (κ3) is 3.74. The fraction of sp³-hybridized carbons (Fsp3) is 0.500. The maximum atomic E-state index is 10.1. The van der Waals surface area contributed by atoms with E-state index in [9.17, 15) is 5.11 Å². The molecule has 1 saturated heterocycles. The largest absolute Gasteiger partial charge is 0.497 e. The molecule has 0 unspecified atom stereocenters. The van der Waals surface area contributed by atoms with Crippen LogP contribution < -0.4 is 4.74 Å². The zero-order chi connectivity index (χ0) is 16.2. The zero-order valence-corrected chi connectivity index (χ0v) is 13.9. The molecule has 3 rings (SSSR count). The average molecular weight is 315 g/mol. The molecule has 0 saturated carbocycles. The van der Waals surface area contributed by atoms with Gasteiger partial charge in [-0.15, -0.1) is 0 Å². The van der Waals surface area contributed by atoms with Crippen molar-refractivity contribution in [3.05, 3.63) is 47.8 Å². The molecular formula is C18H25N3O2. The van der Waals surface area contributed by atoms with E-state index in [1.165, 1.54) is 11.1 Å². The molecule has 1 aromatic carbocycles. The van der Waals surface area contributed by atoms with E-state index in [-0.39, 0.29) is 12.1 Å². The van der Waals surface area contributed by atoms with Crippen molar-refractivity contribution in [1.29, 1.82) is 0 Å². The lowest BCUT2D eigenvalue weighted by atomic mass is 10.0. The van der Waals surface area contributed by atoms with Gasteiger partial charge in [0.05, 0.1) is 19.4 Å². The quantitative estimate of drug-likeness (QED) is 0.888. The first kappa shape index (κ1) is 16.0. The summed E-state index contributed by atoms with van der Waals surface area (Å²) in [4.78, 5) is 2.36. The van der Waals surface area contributed by atoms with Crippen LogP contribution in [0.4, 0.5) is 0 Å². The Balaban J connectivity index is 1.69. The number of aryl methyl sites for hydroxylation is 1. The van der Waals surface area contributed by atoms with Crippen LogP contribution in [0.25, 0.3) is 0 Å². The molecule has 1 aliphatic heterocycles. The second kappa shape index (κ2) is 7.15. The molecular weight excluding hydrogens is 290 g/mol. The van der Waals surface area contributed by atoms with Crippen LogP contribution in [0.2, 0.25) is 0 Å². The Morgan fingerprint density at radius 1 is 1.39 bits per heavy atom. The minimum atomic E-state index is -0.260. The maximum Gasteiger partial charge on any atom is 0.119 e. The number of aromatic nitrogens is 2. The van der Waals surface area contributed by atoms with Crippen molar-refractivity contribution in [1.82, 2.24) is 14.7 Å². The van der Waals surface area contributed by atoms with E-state index in [4.69, 9.17) is 4.74 Å². The molecule has 124 valence electrons. The van der Waals surface area contributed by atoms with Crippen molar-refractivity contribution in [2.75, 3.05) is 20.2 Å². The van der Waals surface area contributed by atoms with Crippen LogP contribution >= 0.6 is 0 Å². The van der Waals surface area contributed by atoms with Gasteiger partial charge in [-0.1, -0.05) is 12.1 Å². The fourth-order valence-electron chi connectivity index (χ4n) is 3.30. The number of aliphatic hydroxyl groups is 1. The summed E-state index contributed by atoms with van der Waals surface area (Å²) in [5.74, 6) is 0.869. The summed E-state index contributed by atoms with van der Waals surface area (Å²) < 4.78 is 7.28. The number of ether oxygens (including phenoxy) is 1. The van der Waals surface area contributed by atoms with Crippen molar-refractivity contribution in [2.24, 2.45) is 0 Å². The Kier molecular flexibility index (Phi) is 4.98. The molecule has 23 heavy (non-hydrogen) atoms. The van der Waals surface area contributed by atoms with Crippen LogP contribution in [0.5, 0.6) is 5.75 Å². The van der Waals surface area contributed by atoms with Crippen LogP contribution in [0.3, 0.4) is 0 Å². The predicted molar refractivity (Wildman–Crippen MR) is 89.5 cm³/mol. The standard InChI is InChI=1S/C18H25N3O2/c1-3-21-12-14(11-19-21)7-8-20-13-16(22)10-18(20)15-5-4-6-17(9-15)23-2/h4-6,9,11-12,16,18,22H,3,7-8,10,13H2,1-2H3/t16-,18+/m1/s1. The van der Waals surface area contributed by atoms with Crippen molar-refractivity contribution >= 4 is 0 Å². The first-order chi connectivity index (χ1) is 11.2. The van der Waals surface area contributed by atoms with Crippen molar-refractivity contribution in [2.45, 2.75) is 38.5 Å². The molecule has 0 bridgehead atoms. The summed E-state index contributed by atoms with van der Waals surface area (Å²) in [6.45, 7) is 4.64. The highest BCUT2D eigenvalue weighted by Crippen LogP contribution is 2.33. The highest BCUT2D eigenvalue weighted by molar-refractivity contribution is 5.31. The van der Waals surface area contributed by atoms with Gasteiger partial charge in [-0.2, -0.15) is 5.10 Å². The van der Waals surface area contributed by atoms with Gasteiger partial charge in [-0.05, 0) is 43.0 Å². The smallest absolute Gasteiger partial charge is 0.119 e. The summed E-state index contributed by atoms with van der Waals surface area (Å²) in [6.07, 6.45) is 5.52. The monoisotopic (exact) mass is 315 g/mol. The lowest BCUT2D eigenvalue weighted by Gasteiger charge is -2.24. The zero-order valence-electron chi connectivity index (χ0n) is 13.9. The summed E-state index contributed by atoms with van der Waals surface area (Å²) in [5.41, 5.74) is 2.46. The van der Waals surface area contributed by atoms with Gasteiger partial charge in [0.2, 0.25) is 0 Å². The van der Waals surface area contributed by atoms with Gasteiger partial charge in [0.15, 0.2) is 0 Å². The normalized spacial score (nSPS) is 21.7. The molecule has 0 amide bonds. The number of β-amino-alcohol motifs (C(OH)–C–C–N with tert-alkyl or cyclic N) is 1. The van der Waals surface area contributed by atoms with Crippen molar-refractivity contribution in [3.63, 3.8) is 0 Å². The molecule has 5 heteroatoms. The topological polar surface area (TPSA) is 50.5 Å². The van der Waals surface area contributed by atoms with Crippen LogP contribution in [0.15, 0.2) is 36.7 Å². The number of aliphatic hydroxyl groups excluding tert-OH is 1. The van der Waals surface area contributed by atoms with Crippen LogP contribution in [0.1, 0.15) is 30.5 Å². The molecule has 0 spiro atoms. The van der Waals surface area contributed by atoms with Gasteiger partial charge in [-0.3, -0.25) is 9.58 Å². The molecule has 1 aromatic heterocycles. The molecule has 2 heterocycles. The minimum Gasteiger partial charge on any atom is -0.497 e. The summed E-state index contributed by atoms with van der Waals surface area (Å²) in [7, 11) is 1.69. The third-order valence-electron chi connectivity index (χ3n) is 4.56. The van der Waals surface area contributed by atoms with Gasteiger partial charge >= 0.3 is 0 Å². The van der Waals surface area contributed by atoms with Crippen LogP contribution in [-0.2, 0) is 13.0 Å². The number of likely N-dealkylation sites (tertiary alicyclic amines) is 1. The molecule has 5 nitrogen and oxygen atoms in total. The van der Waals surface area contributed by atoms with E-state index < -0.39 is 0 Å². The molecule has 2 atom stereocenters. The van der Waals surface area contributed by atoms with Gasteiger partial charge in [0.1, 0.15) is 5.75 Å². The van der Waals surface area contributed by atoms with Crippen LogP contribution in [0, 0.1) is 0 Å². The minimum absolute atomic E-state index is 0.251. The molecule has 1 fully saturated rings. The van der Waals surface area contributed by atoms with Gasteiger partial charge in [0, 0.05) is 31.9 Å². The number of hydrogen-bond acceptors (Lipinski definition) is 4. The first-order valence-electron chi connectivity index (χ1n) is 8.27. The summed E-state index contributed by atoms with van der Waals surface area (Å²) in [5, 5.41) is 14.4. The van der Waals surface area contributed by atoms with E-state index in [0.29, 0.717) is 0 Å². The number of methoxy groups -OCH3 is 1. The Morgan fingerprint density at radius 3 is 3.00 bits per heavy atom. The number of benzene rings is 1. The summed E-state index contributed by atoms with van der Waals surface area (Å²) in [6, 6.07) is 8.42. The highest BCUT2D eigenvalue weighted by Gasteiger charge is 2.31. The third-order valence-corrected chi connectivity index (χ3v) is 4.56. The maximum absolute atomic E-state index is 10.1. The SMILES string of the molecule is CCn1cc(CCN2C[C@H](O)C[C@H]2c2cccc(OC)c2)cn1. The Labute approximate surface area is 137 Å². The molecule has 1 N–H and O–H groups in total. The Morgan fingerprint density at radius 2 is 2.26 bits per heavy atom. The van der Waals surface area contributed by atoms with Gasteiger partial charge in [-0.25, -0.2) is 0 Å². The van der Waals surface area contributed by atoms with Gasteiger partial charge < -0.3 is 9.84 Å². The number of rotatable bonds is 6. The molecule has 0 radical (unpaired) electrons. The Hall–Kier alpha value is -1.85. The number of nitrogens with zero attached hydrogens (tertiary/aromatic N) is 3. The molecule has 0 aliphatic carbocycles. The molecule has 1 aliphatic rings. The predicted octanol–water partition coefficient (Wildman–Crippen LogP) is 2.26. The van der Waals surface area contributed by atoms with Crippen LogP contribution in [-0.4, -0.2) is 46.1 Å². The average Bonchev–Trinajstić information content (AvgIpc) is 3.19. The number of hydrogen-bond donors (Lipinski definition) is 1. The van der Waals surface area contributed by atoms with Gasteiger partial charge in [0.25, 0.3) is 0 Å². The highest BCUT2D eigenvalue weighted by atomic mass is 16.5. The Bertz CT molecular complexity index is 641. The lowest BCUT2D eigenvalue weighted by Crippen LogP contribution is -2.27. The molecule has 2 aromatic rings. The lowest BCUT2D eigenvalue weighted by molar-refractivity contribution is 0.175. The summed E-state index contributed by atoms with van der Waals surface area (Å²) >= 11 is 0. The first-order valence-corrected chi connectivity index (χ1v) is 8.27. The van der Waals surface area contributed by atoms with E-state index in [2.05, 4.69) is 35.3 Å². The van der Waals surface area contributed by atoms with E-state index in [0.717, 1.165) is 38.2 Å². The fourth-order valence-corrected chi connectivity index (χ4v) is 3.30. The van der Waals surface area contributed by atoms with E-state index in [1.807, 2.05) is 23.0 Å². The van der Waals surface area contributed by atoms with Crippen molar-refractivity contribution in [3.8, 4) is 5.75 Å². The van der Waals surface area contributed by atoms with E-state index >= 15 is 0 Å². The second-order valence-corrected chi connectivity index (χ2v) is 6.13. The second-order valence-electron chi connectivity index (χ2n) is 6.13. The van der Waals surface area contributed by atoms with Crippen molar-refractivity contribution < 1.29 is 9.84 Å². The van der Waals surface area contributed by atoms with E-state index in [1.54, 1.807) is 7.11 Å².